The van der Waals surface area contributed by atoms with E-state index in [0.29, 0.717) is 11.4 Å². The molecule has 3 rings (SSSR count). The molecule has 1 unspecified atom stereocenters. The summed E-state index contributed by atoms with van der Waals surface area (Å²) >= 11 is 0. The molecule has 32 heavy (non-hydrogen) atoms. The predicted octanol–water partition coefficient (Wildman–Crippen LogP) is 5.54. The summed E-state index contributed by atoms with van der Waals surface area (Å²) < 4.78 is 18.6. The van der Waals surface area contributed by atoms with Crippen LogP contribution in [0, 0.1) is 6.92 Å². The van der Waals surface area contributed by atoms with Gasteiger partial charge in [-0.2, -0.15) is 0 Å². The average molecular weight is 450 g/mol. The van der Waals surface area contributed by atoms with E-state index in [4.69, 9.17) is 4.74 Å². The smallest absolute Gasteiger partial charge is 0.227 e. The molecule has 0 aliphatic heterocycles. The Morgan fingerprint density at radius 3 is 2.31 bits per heavy atom. The number of carbonyl (C=O) groups is 1. The molecule has 0 N–H and O–H groups in total. The minimum absolute atomic E-state index is 0.00586. The first-order chi connectivity index (χ1) is 15.2. The van der Waals surface area contributed by atoms with E-state index in [1.807, 2.05) is 105 Å². The van der Waals surface area contributed by atoms with Crippen molar-refractivity contribution in [2.45, 2.75) is 56.0 Å². The Hall–Kier alpha value is -2.92. The molecule has 1 amide bonds. The fourth-order valence-electron chi connectivity index (χ4n) is 3.53. The van der Waals surface area contributed by atoms with E-state index in [2.05, 4.69) is 0 Å². The normalized spacial score (nSPS) is 12.3. The monoisotopic (exact) mass is 449 g/mol. The molecule has 0 aromatic heterocycles. The van der Waals surface area contributed by atoms with Crippen LogP contribution >= 0.6 is 0 Å². The van der Waals surface area contributed by atoms with Crippen LogP contribution in [-0.4, -0.2) is 27.7 Å². The highest BCUT2D eigenvalue weighted by Gasteiger charge is 2.27. The Labute approximate surface area is 193 Å². The van der Waals surface area contributed by atoms with Gasteiger partial charge in [-0.15, -0.1) is 0 Å². The highest BCUT2D eigenvalue weighted by molar-refractivity contribution is 7.85. The van der Waals surface area contributed by atoms with Crippen molar-refractivity contribution in [2.24, 2.45) is 0 Å². The van der Waals surface area contributed by atoms with Gasteiger partial charge in [0.1, 0.15) is 5.75 Å². The minimum atomic E-state index is -1.35. The second kappa shape index (κ2) is 10.1. The Kier molecular flexibility index (Phi) is 7.52. The Bertz CT molecular complexity index is 1100. The first-order valence-corrected chi connectivity index (χ1v) is 11.8. The zero-order valence-electron chi connectivity index (χ0n) is 19.4. The number of carbonyl (C=O) groups excluding carboxylic acids is 1. The number of hydrogen-bond acceptors (Lipinski definition) is 3. The molecule has 0 aliphatic carbocycles. The van der Waals surface area contributed by atoms with E-state index in [0.717, 1.165) is 27.3 Å². The Morgan fingerprint density at radius 1 is 0.969 bits per heavy atom. The molecule has 1 atom stereocenters. The Balaban J connectivity index is 1.87. The van der Waals surface area contributed by atoms with Crippen LogP contribution in [0.25, 0.3) is 0 Å². The van der Waals surface area contributed by atoms with Crippen molar-refractivity contribution in [1.29, 1.82) is 0 Å². The van der Waals surface area contributed by atoms with Gasteiger partial charge in [-0.1, -0.05) is 48.0 Å². The van der Waals surface area contributed by atoms with Gasteiger partial charge >= 0.3 is 0 Å². The van der Waals surface area contributed by atoms with Gasteiger partial charge in [-0.3, -0.25) is 4.79 Å². The van der Waals surface area contributed by atoms with Crippen LogP contribution in [0.1, 0.15) is 37.5 Å². The number of hydrogen-bond donors (Lipinski definition) is 0. The van der Waals surface area contributed by atoms with Gasteiger partial charge in [0.25, 0.3) is 0 Å². The van der Waals surface area contributed by atoms with Crippen LogP contribution in [0.5, 0.6) is 5.75 Å². The molecule has 0 saturated carbocycles. The van der Waals surface area contributed by atoms with Gasteiger partial charge in [0.15, 0.2) is 0 Å². The zero-order chi connectivity index (χ0) is 23.3. The summed E-state index contributed by atoms with van der Waals surface area (Å²) in [7, 11) is 0.289. The van der Waals surface area contributed by atoms with Gasteiger partial charge in [0.2, 0.25) is 5.91 Å². The lowest BCUT2D eigenvalue weighted by molar-refractivity contribution is -0.136. The SMILES string of the molecule is COc1cccc(CN(C(=O)Cc2ccccc2S(=O)c2ccc(C)cc2)C(C)(C)C)c1. The number of benzene rings is 3. The third-order valence-electron chi connectivity index (χ3n) is 5.33. The molecule has 3 aromatic rings. The van der Waals surface area contributed by atoms with Crippen molar-refractivity contribution >= 4 is 16.7 Å². The van der Waals surface area contributed by atoms with Crippen molar-refractivity contribution in [3.8, 4) is 5.75 Å². The highest BCUT2D eigenvalue weighted by Crippen LogP contribution is 2.25. The molecule has 3 aromatic carbocycles. The van der Waals surface area contributed by atoms with E-state index in [9.17, 15) is 9.00 Å². The molecular weight excluding hydrogens is 418 g/mol. The van der Waals surface area contributed by atoms with Crippen LogP contribution < -0.4 is 4.74 Å². The topological polar surface area (TPSA) is 46.6 Å². The summed E-state index contributed by atoms with van der Waals surface area (Å²) in [6.07, 6.45) is 0.189. The number of nitrogens with zero attached hydrogens (tertiary/aromatic N) is 1. The van der Waals surface area contributed by atoms with Crippen LogP contribution in [-0.2, 0) is 28.6 Å². The van der Waals surface area contributed by atoms with Crippen molar-refractivity contribution < 1.29 is 13.7 Å². The molecule has 0 saturated heterocycles. The molecule has 0 radical (unpaired) electrons. The maximum absolute atomic E-state index is 13.5. The lowest BCUT2D eigenvalue weighted by Crippen LogP contribution is -2.45. The van der Waals surface area contributed by atoms with Crippen LogP contribution in [0.4, 0.5) is 0 Å². The van der Waals surface area contributed by atoms with E-state index in [-0.39, 0.29) is 17.9 Å². The largest absolute Gasteiger partial charge is 0.497 e. The van der Waals surface area contributed by atoms with Crippen molar-refractivity contribution in [1.82, 2.24) is 4.90 Å². The molecule has 0 aliphatic rings. The molecule has 0 heterocycles. The lowest BCUT2D eigenvalue weighted by Gasteiger charge is -2.36. The Morgan fingerprint density at radius 2 is 1.66 bits per heavy atom. The second-order valence-corrected chi connectivity index (χ2v) is 10.3. The fourth-order valence-corrected chi connectivity index (χ4v) is 4.75. The van der Waals surface area contributed by atoms with E-state index < -0.39 is 10.8 Å². The summed E-state index contributed by atoms with van der Waals surface area (Å²) in [5.41, 5.74) is 2.54. The number of rotatable bonds is 7. The lowest BCUT2D eigenvalue weighted by atomic mass is 10.0. The standard InChI is InChI=1S/C27H31NO3S/c1-20-13-15-24(16-14-20)32(30)25-12-7-6-10-22(25)18-26(29)28(27(2,3)4)19-21-9-8-11-23(17-21)31-5/h6-17H,18-19H2,1-5H3. The van der Waals surface area contributed by atoms with Crippen LogP contribution in [0.2, 0.25) is 0 Å². The maximum atomic E-state index is 13.5. The maximum Gasteiger partial charge on any atom is 0.227 e. The van der Waals surface area contributed by atoms with Gasteiger partial charge in [-0.05, 0) is 69.2 Å². The third-order valence-corrected chi connectivity index (χ3v) is 6.83. The highest BCUT2D eigenvalue weighted by atomic mass is 32.2. The summed E-state index contributed by atoms with van der Waals surface area (Å²) in [5.74, 6) is 0.760. The first-order valence-electron chi connectivity index (χ1n) is 10.7. The quantitative estimate of drug-likeness (QED) is 0.476. The van der Waals surface area contributed by atoms with E-state index in [1.54, 1.807) is 7.11 Å². The zero-order valence-corrected chi connectivity index (χ0v) is 20.2. The van der Waals surface area contributed by atoms with Gasteiger partial charge in [0, 0.05) is 21.9 Å². The summed E-state index contributed by atoms with van der Waals surface area (Å²) in [6, 6.07) is 22.9. The number of methoxy groups -OCH3 is 1. The predicted molar refractivity (Wildman–Crippen MR) is 129 cm³/mol. The number of aryl methyl sites for hydroxylation is 1. The van der Waals surface area contributed by atoms with Crippen molar-refractivity contribution in [3.05, 3.63) is 89.5 Å². The molecule has 0 bridgehead atoms. The number of ether oxygens (including phenoxy) is 1. The molecule has 0 fully saturated rings. The van der Waals surface area contributed by atoms with E-state index in [1.165, 1.54) is 0 Å². The molecule has 0 spiro atoms. The fraction of sp³-hybridized carbons (Fsp3) is 0.296. The summed E-state index contributed by atoms with van der Waals surface area (Å²) in [6.45, 7) is 8.57. The molecular formula is C27H31NO3S. The second-order valence-electron chi connectivity index (χ2n) is 8.87. The van der Waals surface area contributed by atoms with E-state index >= 15 is 0 Å². The molecule has 5 heteroatoms. The summed E-state index contributed by atoms with van der Waals surface area (Å²) in [5, 5.41) is 0. The third kappa shape index (κ3) is 5.86. The number of amides is 1. The molecule has 168 valence electrons. The van der Waals surface area contributed by atoms with Gasteiger partial charge < -0.3 is 9.64 Å². The van der Waals surface area contributed by atoms with Crippen LogP contribution in [0.15, 0.2) is 82.6 Å². The molecule has 4 nitrogen and oxygen atoms in total. The van der Waals surface area contributed by atoms with Crippen molar-refractivity contribution in [2.75, 3.05) is 7.11 Å². The van der Waals surface area contributed by atoms with Gasteiger partial charge in [-0.25, -0.2) is 4.21 Å². The van der Waals surface area contributed by atoms with Gasteiger partial charge in [0.05, 0.1) is 24.3 Å². The minimum Gasteiger partial charge on any atom is -0.497 e. The first kappa shape index (κ1) is 23.7. The van der Waals surface area contributed by atoms with Crippen molar-refractivity contribution in [3.63, 3.8) is 0 Å². The van der Waals surface area contributed by atoms with Crippen LogP contribution in [0.3, 0.4) is 0 Å². The average Bonchev–Trinajstić information content (AvgIpc) is 2.77. The summed E-state index contributed by atoms with van der Waals surface area (Å²) in [4.78, 5) is 16.8.